The summed E-state index contributed by atoms with van der Waals surface area (Å²) in [5.41, 5.74) is 6.44. The van der Waals surface area contributed by atoms with Crippen LogP contribution < -0.4 is 5.73 Å². The summed E-state index contributed by atoms with van der Waals surface area (Å²) >= 11 is 0. The Morgan fingerprint density at radius 1 is 1.35 bits per heavy atom. The molecule has 1 aliphatic rings. The van der Waals surface area contributed by atoms with Crippen molar-refractivity contribution in [3.63, 3.8) is 0 Å². The van der Waals surface area contributed by atoms with Crippen LogP contribution in [0.3, 0.4) is 0 Å². The van der Waals surface area contributed by atoms with E-state index in [9.17, 15) is 4.79 Å². The molecule has 2 rings (SSSR count). The summed E-state index contributed by atoms with van der Waals surface area (Å²) in [5, 5.41) is 1.70. The molecular formula is C13H18N2O2. The second kappa shape index (κ2) is 5.29. The van der Waals surface area contributed by atoms with Gasteiger partial charge in [-0.25, -0.2) is 4.79 Å². The smallest absolute Gasteiger partial charge is 0.357 e. The maximum Gasteiger partial charge on any atom is 0.357 e. The molecule has 4 nitrogen and oxygen atoms in total. The lowest BCUT2D eigenvalue weighted by Crippen LogP contribution is -2.48. The van der Waals surface area contributed by atoms with Crippen molar-refractivity contribution < 1.29 is 9.63 Å². The van der Waals surface area contributed by atoms with E-state index in [2.05, 4.69) is 0 Å². The van der Waals surface area contributed by atoms with E-state index in [0.29, 0.717) is 12.1 Å². The number of hydroxylamine groups is 2. The van der Waals surface area contributed by atoms with Gasteiger partial charge >= 0.3 is 5.97 Å². The molecule has 0 amide bonds. The molecule has 1 heterocycles. The van der Waals surface area contributed by atoms with Gasteiger partial charge in [0.25, 0.3) is 0 Å². The standard InChI is InChI=1S/C13H18N2O2/c1-10-7-8-12(14)9-15(10)17-13(16)11-5-3-2-4-6-11/h2-6,10,12H,7-9,14H2,1H3. The summed E-state index contributed by atoms with van der Waals surface area (Å²) in [5.74, 6) is -0.313. The van der Waals surface area contributed by atoms with Crippen LogP contribution in [0.25, 0.3) is 0 Å². The number of rotatable bonds is 2. The summed E-state index contributed by atoms with van der Waals surface area (Å²) in [6.07, 6.45) is 1.95. The van der Waals surface area contributed by atoms with Crippen LogP contribution in [0.2, 0.25) is 0 Å². The molecule has 17 heavy (non-hydrogen) atoms. The monoisotopic (exact) mass is 234 g/mol. The van der Waals surface area contributed by atoms with Crippen molar-refractivity contribution >= 4 is 5.97 Å². The van der Waals surface area contributed by atoms with Gasteiger partial charge in [-0.15, -0.1) is 5.06 Å². The minimum absolute atomic E-state index is 0.0924. The topological polar surface area (TPSA) is 55.6 Å². The summed E-state index contributed by atoms with van der Waals surface area (Å²) in [6, 6.07) is 9.34. The number of nitrogens with zero attached hydrogens (tertiary/aromatic N) is 1. The normalized spacial score (nSPS) is 25.5. The third-order valence-corrected chi connectivity index (χ3v) is 3.07. The van der Waals surface area contributed by atoms with Gasteiger partial charge < -0.3 is 10.6 Å². The number of hydrogen-bond donors (Lipinski definition) is 1. The van der Waals surface area contributed by atoms with E-state index in [-0.39, 0.29) is 18.1 Å². The predicted octanol–water partition coefficient (Wildman–Crippen LogP) is 1.57. The third kappa shape index (κ3) is 3.05. The number of hydrogen-bond acceptors (Lipinski definition) is 4. The molecule has 92 valence electrons. The van der Waals surface area contributed by atoms with Gasteiger partial charge in [0.15, 0.2) is 0 Å². The lowest BCUT2D eigenvalue weighted by molar-refractivity contribution is -0.149. The Morgan fingerprint density at radius 3 is 2.76 bits per heavy atom. The molecule has 2 atom stereocenters. The Bertz CT molecular complexity index is 380. The van der Waals surface area contributed by atoms with Gasteiger partial charge in [-0.05, 0) is 31.9 Å². The largest absolute Gasteiger partial charge is 0.364 e. The highest BCUT2D eigenvalue weighted by Gasteiger charge is 2.26. The van der Waals surface area contributed by atoms with E-state index < -0.39 is 0 Å². The van der Waals surface area contributed by atoms with E-state index in [1.807, 2.05) is 25.1 Å². The summed E-state index contributed by atoms with van der Waals surface area (Å²) < 4.78 is 0. The summed E-state index contributed by atoms with van der Waals surface area (Å²) in [6.45, 7) is 2.66. The molecule has 1 fully saturated rings. The van der Waals surface area contributed by atoms with Crippen molar-refractivity contribution in [2.24, 2.45) is 5.73 Å². The zero-order valence-electron chi connectivity index (χ0n) is 10.0. The van der Waals surface area contributed by atoms with Crippen molar-refractivity contribution in [2.75, 3.05) is 6.54 Å². The lowest BCUT2D eigenvalue weighted by Gasteiger charge is -2.34. The van der Waals surface area contributed by atoms with Gasteiger partial charge in [0.05, 0.1) is 12.1 Å². The van der Waals surface area contributed by atoms with Crippen molar-refractivity contribution in [1.82, 2.24) is 5.06 Å². The maximum absolute atomic E-state index is 11.9. The van der Waals surface area contributed by atoms with Crippen LogP contribution in [0.4, 0.5) is 0 Å². The van der Waals surface area contributed by atoms with Gasteiger partial charge in [-0.3, -0.25) is 0 Å². The highest BCUT2D eigenvalue weighted by Crippen LogP contribution is 2.17. The van der Waals surface area contributed by atoms with Crippen LogP contribution in [0.15, 0.2) is 30.3 Å². The molecule has 1 aliphatic heterocycles. The molecule has 1 aromatic carbocycles. The quantitative estimate of drug-likeness (QED) is 0.844. The highest BCUT2D eigenvalue weighted by molar-refractivity contribution is 5.89. The molecular weight excluding hydrogens is 216 g/mol. The Labute approximate surface area is 101 Å². The van der Waals surface area contributed by atoms with Crippen LogP contribution in [0, 0.1) is 0 Å². The first-order chi connectivity index (χ1) is 8.16. The fraction of sp³-hybridized carbons (Fsp3) is 0.462. The van der Waals surface area contributed by atoms with Crippen LogP contribution in [0.5, 0.6) is 0 Å². The van der Waals surface area contributed by atoms with E-state index in [1.54, 1.807) is 17.2 Å². The van der Waals surface area contributed by atoms with Gasteiger partial charge in [0, 0.05) is 12.1 Å². The predicted molar refractivity (Wildman–Crippen MR) is 65.2 cm³/mol. The van der Waals surface area contributed by atoms with Gasteiger partial charge in [-0.2, -0.15) is 0 Å². The van der Waals surface area contributed by atoms with Crippen LogP contribution in [-0.4, -0.2) is 29.7 Å². The van der Waals surface area contributed by atoms with E-state index in [1.165, 1.54) is 0 Å². The van der Waals surface area contributed by atoms with Crippen molar-refractivity contribution in [1.29, 1.82) is 0 Å². The number of carbonyl (C=O) groups excluding carboxylic acids is 1. The fourth-order valence-corrected chi connectivity index (χ4v) is 1.96. The zero-order valence-corrected chi connectivity index (χ0v) is 10.0. The molecule has 4 heteroatoms. The minimum atomic E-state index is -0.313. The van der Waals surface area contributed by atoms with Crippen LogP contribution in [-0.2, 0) is 4.84 Å². The Hall–Kier alpha value is -1.39. The summed E-state index contributed by atoms with van der Waals surface area (Å²) in [4.78, 5) is 17.2. The van der Waals surface area contributed by atoms with Crippen molar-refractivity contribution in [3.05, 3.63) is 35.9 Å². The van der Waals surface area contributed by atoms with Crippen LogP contribution in [0.1, 0.15) is 30.1 Å². The molecule has 0 spiro atoms. The summed E-state index contributed by atoms with van der Waals surface area (Å²) in [7, 11) is 0. The fourth-order valence-electron chi connectivity index (χ4n) is 1.96. The van der Waals surface area contributed by atoms with Gasteiger partial charge in [0.2, 0.25) is 0 Å². The average molecular weight is 234 g/mol. The minimum Gasteiger partial charge on any atom is -0.364 e. The van der Waals surface area contributed by atoms with Crippen molar-refractivity contribution in [2.45, 2.75) is 31.8 Å². The lowest BCUT2D eigenvalue weighted by atomic mass is 10.0. The average Bonchev–Trinajstić information content (AvgIpc) is 2.35. The molecule has 2 unspecified atom stereocenters. The molecule has 1 saturated heterocycles. The zero-order chi connectivity index (χ0) is 12.3. The highest BCUT2D eigenvalue weighted by atomic mass is 16.7. The third-order valence-electron chi connectivity index (χ3n) is 3.07. The van der Waals surface area contributed by atoms with E-state index in [4.69, 9.17) is 10.6 Å². The van der Waals surface area contributed by atoms with Crippen LogP contribution >= 0.6 is 0 Å². The Kier molecular flexibility index (Phi) is 3.76. The Morgan fingerprint density at radius 2 is 2.06 bits per heavy atom. The Balaban J connectivity index is 1.98. The van der Waals surface area contributed by atoms with Gasteiger partial charge in [0.1, 0.15) is 0 Å². The maximum atomic E-state index is 11.9. The van der Waals surface area contributed by atoms with Gasteiger partial charge in [-0.1, -0.05) is 18.2 Å². The number of nitrogens with two attached hydrogens (primary N) is 1. The van der Waals surface area contributed by atoms with E-state index >= 15 is 0 Å². The van der Waals surface area contributed by atoms with Crippen molar-refractivity contribution in [3.8, 4) is 0 Å². The molecule has 0 saturated carbocycles. The molecule has 1 aromatic rings. The molecule has 2 N–H and O–H groups in total. The first-order valence-electron chi connectivity index (χ1n) is 5.96. The molecule has 0 aromatic heterocycles. The number of carbonyl (C=O) groups is 1. The molecule has 0 bridgehead atoms. The molecule has 0 radical (unpaired) electrons. The van der Waals surface area contributed by atoms with E-state index in [0.717, 1.165) is 12.8 Å². The first kappa shape index (κ1) is 12.1. The second-order valence-corrected chi connectivity index (χ2v) is 4.53. The molecule has 0 aliphatic carbocycles. The number of benzene rings is 1. The number of piperidine rings is 1. The second-order valence-electron chi connectivity index (χ2n) is 4.53. The first-order valence-corrected chi connectivity index (χ1v) is 5.96. The SMILES string of the molecule is CC1CCC(N)CN1OC(=O)c1ccccc1.